The van der Waals surface area contributed by atoms with E-state index in [1.807, 2.05) is 0 Å². The van der Waals surface area contributed by atoms with Crippen LogP contribution in [0.1, 0.15) is 54.7 Å². The van der Waals surface area contributed by atoms with Gasteiger partial charge in [-0.05, 0) is 143 Å². The van der Waals surface area contributed by atoms with E-state index in [4.69, 9.17) is 0 Å². The van der Waals surface area contributed by atoms with Gasteiger partial charge in [-0.2, -0.15) is 0 Å². The maximum atomic E-state index is 2.62. The number of fused-ring (bicyclic) bond motifs is 4. The second-order valence-electron chi connectivity index (χ2n) is 15.4. The number of hydrogen-bond donors (Lipinski definition) is 0. The predicted octanol–water partition coefficient (Wildman–Crippen LogP) is 11.8. The van der Waals surface area contributed by atoms with E-state index in [-0.39, 0.29) is 6.71 Å². The summed E-state index contributed by atoms with van der Waals surface area (Å²) in [5.74, 6) is 0.552. The second-order valence-corrected chi connectivity index (χ2v) is 15.4. The van der Waals surface area contributed by atoms with Gasteiger partial charge in [0.1, 0.15) is 0 Å². The van der Waals surface area contributed by atoms with Crippen LogP contribution in [0.4, 0.5) is 34.1 Å². The van der Waals surface area contributed by atoms with Crippen LogP contribution in [0.2, 0.25) is 0 Å². The molecule has 0 radical (unpaired) electrons. The van der Waals surface area contributed by atoms with Crippen molar-refractivity contribution in [1.82, 2.24) is 0 Å². The standard InChI is InChI=1S/C50H43BN2/c1-34-15-14-22-42(27-34)52-46-24-13-12-23-44(46)51-45-26-25-35(2)28-47(45)53(49-33-41(32-48(52)50(49)51)38-20-10-5-11-21-38)43-30-39(36-16-6-3-7-17-36)29-40(31-43)37-18-8-4-9-19-37/h3-4,6-9,12-19,22-33,38H,5,10-11,20-21H2,1-2H3. The van der Waals surface area contributed by atoms with Crippen LogP contribution in [-0.4, -0.2) is 6.71 Å². The van der Waals surface area contributed by atoms with Crippen molar-refractivity contribution in [1.29, 1.82) is 0 Å². The van der Waals surface area contributed by atoms with E-state index in [2.05, 4.69) is 181 Å². The summed E-state index contributed by atoms with van der Waals surface area (Å²) in [4.78, 5) is 5.18. The number of benzene rings is 7. The van der Waals surface area contributed by atoms with Gasteiger partial charge in [-0.15, -0.1) is 0 Å². The zero-order valence-corrected chi connectivity index (χ0v) is 30.6. The fourth-order valence-electron chi connectivity index (χ4n) is 9.40. The number of rotatable bonds is 5. The maximum absolute atomic E-state index is 2.62. The molecule has 0 aromatic heterocycles. The summed E-state index contributed by atoms with van der Waals surface area (Å²) in [6, 6.07) is 59.5. The predicted molar refractivity (Wildman–Crippen MR) is 227 cm³/mol. The fourth-order valence-corrected chi connectivity index (χ4v) is 9.40. The number of hydrogen-bond acceptors (Lipinski definition) is 2. The van der Waals surface area contributed by atoms with Crippen molar-refractivity contribution in [3.63, 3.8) is 0 Å². The van der Waals surface area contributed by atoms with Gasteiger partial charge in [0.15, 0.2) is 0 Å². The Kier molecular flexibility index (Phi) is 7.83. The van der Waals surface area contributed by atoms with Crippen molar-refractivity contribution in [2.75, 3.05) is 9.80 Å². The first-order valence-electron chi connectivity index (χ1n) is 19.4. The summed E-state index contributed by atoms with van der Waals surface area (Å²) in [6.07, 6.45) is 6.44. The molecule has 7 aromatic rings. The van der Waals surface area contributed by atoms with Gasteiger partial charge >= 0.3 is 0 Å². The Morgan fingerprint density at radius 3 is 1.72 bits per heavy atom. The largest absolute Gasteiger partial charge is 0.311 e. The first-order valence-corrected chi connectivity index (χ1v) is 19.4. The van der Waals surface area contributed by atoms with Crippen molar-refractivity contribution >= 4 is 57.2 Å². The van der Waals surface area contributed by atoms with Gasteiger partial charge in [0, 0.05) is 34.1 Å². The van der Waals surface area contributed by atoms with Crippen LogP contribution in [0.25, 0.3) is 22.3 Å². The van der Waals surface area contributed by atoms with E-state index in [1.165, 1.54) is 122 Å². The zero-order chi connectivity index (χ0) is 35.5. The molecule has 2 aliphatic heterocycles. The molecule has 0 N–H and O–H groups in total. The lowest BCUT2D eigenvalue weighted by Gasteiger charge is -2.45. The quantitative estimate of drug-likeness (QED) is 0.167. The highest BCUT2D eigenvalue weighted by Gasteiger charge is 2.44. The van der Waals surface area contributed by atoms with Crippen LogP contribution in [0.5, 0.6) is 0 Å². The SMILES string of the molecule is Cc1cccc(N2c3ccccc3B3c4ccc(C)cc4N(c4cc(-c5ccccc5)cc(-c5ccccc5)c4)c4cc(C5CCCCC5)cc2c43)c1. The molecule has 0 bridgehead atoms. The second kappa shape index (κ2) is 13.0. The summed E-state index contributed by atoms with van der Waals surface area (Å²) in [5.41, 5.74) is 20.6. The Hall–Kier alpha value is -5.80. The van der Waals surface area contributed by atoms with Crippen molar-refractivity contribution in [2.45, 2.75) is 51.9 Å². The monoisotopic (exact) mass is 682 g/mol. The van der Waals surface area contributed by atoms with Crippen molar-refractivity contribution in [2.24, 2.45) is 0 Å². The van der Waals surface area contributed by atoms with Gasteiger partial charge in [0.25, 0.3) is 6.71 Å². The summed E-state index contributed by atoms with van der Waals surface area (Å²) >= 11 is 0. The zero-order valence-electron chi connectivity index (χ0n) is 30.6. The van der Waals surface area contributed by atoms with Crippen LogP contribution in [-0.2, 0) is 0 Å². The normalized spacial score (nSPS) is 14.8. The fraction of sp³-hybridized carbons (Fsp3) is 0.160. The molecule has 0 saturated heterocycles. The lowest BCUT2D eigenvalue weighted by atomic mass is 9.33. The molecule has 2 nitrogen and oxygen atoms in total. The molecule has 0 atom stereocenters. The van der Waals surface area contributed by atoms with Gasteiger partial charge in [-0.1, -0.05) is 122 Å². The Morgan fingerprint density at radius 2 is 1.04 bits per heavy atom. The van der Waals surface area contributed by atoms with Crippen molar-refractivity contribution < 1.29 is 0 Å². The number of para-hydroxylation sites is 1. The Bertz CT molecular complexity index is 2420. The van der Waals surface area contributed by atoms with Crippen LogP contribution >= 0.6 is 0 Å². The Morgan fingerprint density at radius 1 is 0.434 bits per heavy atom. The van der Waals surface area contributed by atoms with Crippen molar-refractivity contribution in [3.8, 4) is 22.3 Å². The van der Waals surface area contributed by atoms with Gasteiger partial charge in [0.05, 0.1) is 0 Å². The van der Waals surface area contributed by atoms with E-state index in [0.29, 0.717) is 5.92 Å². The molecule has 53 heavy (non-hydrogen) atoms. The van der Waals surface area contributed by atoms with E-state index in [0.717, 1.165) is 0 Å². The molecule has 0 spiro atoms. The smallest absolute Gasteiger partial charge is 0.252 e. The first kappa shape index (κ1) is 31.9. The average molecular weight is 683 g/mol. The molecule has 0 unspecified atom stereocenters. The molecule has 0 amide bonds. The van der Waals surface area contributed by atoms with Gasteiger partial charge in [0.2, 0.25) is 0 Å². The van der Waals surface area contributed by atoms with E-state index in [9.17, 15) is 0 Å². The van der Waals surface area contributed by atoms with Gasteiger partial charge < -0.3 is 9.80 Å². The number of anilines is 6. The lowest BCUT2D eigenvalue weighted by Crippen LogP contribution is -2.61. The first-order chi connectivity index (χ1) is 26.1. The minimum absolute atomic E-state index is 0.121. The molecule has 10 rings (SSSR count). The summed E-state index contributed by atoms with van der Waals surface area (Å²) < 4.78 is 0. The summed E-state index contributed by atoms with van der Waals surface area (Å²) in [7, 11) is 0. The molecule has 1 fully saturated rings. The topological polar surface area (TPSA) is 6.48 Å². The average Bonchev–Trinajstić information content (AvgIpc) is 3.21. The third-order valence-corrected chi connectivity index (χ3v) is 11.9. The molecule has 3 heteroatoms. The van der Waals surface area contributed by atoms with Gasteiger partial charge in [-0.25, -0.2) is 0 Å². The highest BCUT2D eigenvalue weighted by Crippen LogP contribution is 2.48. The third kappa shape index (κ3) is 5.49. The molecule has 3 aliphatic rings. The van der Waals surface area contributed by atoms with Crippen LogP contribution in [0.15, 0.2) is 158 Å². The molecule has 7 aromatic carbocycles. The highest BCUT2D eigenvalue weighted by atomic mass is 15.2. The Balaban J connectivity index is 1.30. The van der Waals surface area contributed by atoms with Crippen LogP contribution in [0.3, 0.4) is 0 Å². The van der Waals surface area contributed by atoms with Crippen molar-refractivity contribution in [3.05, 3.63) is 174 Å². The molecular formula is C50H43BN2. The van der Waals surface area contributed by atoms with E-state index in [1.54, 1.807) is 0 Å². The summed E-state index contributed by atoms with van der Waals surface area (Å²) in [6.45, 7) is 4.57. The molecule has 1 aliphatic carbocycles. The van der Waals surface area contributed by atoms with Crippen LogP contribution < -0.4 is 26.2 Å². The third-order valence-electron chi connectivity index (χ3n) is 11.9. The van der Waals surface area contributed by atoms with Crippen LogP contribution in [0, 0.1) is 13.8 Å². The minimum atomic E-state index is 0.121. The van der Waals surface area contributed by atoms with E-state index < -0.39 is 0 Å². The molecule has 2 heterocycles. The Labute approximate surface area is 314 Å². The maximum Gasteiger partial charge on any atom is 0.252 e. The number of nitrogens with zero attached hydrogens (tertiary/aromatic N) is 2. The lowest BCUT2D eigenvalue weighted by molar-refractivity contribution is 0.444. The molecule has 1 saturated carbocycles. The molecular weight excluding hydrogens is 639 g/mol. The molecule has 256 valence electrons. The summed E-state index contributed by atoms with van der Waals surface area (Å²) in [5, 5.41) is 0. The highest BCUT2D eigenvalue weighted by molar-refractivity contribution is 7.00. The van der Waals surface area contributed by atoms with E-state index >= 15 is 0 Å². The number of aryl methyl sites for hydroxylation is 2. The van der Waals surface area contributed by atoms with Gasteiger partial charge in [-0.3, -0.25) is 0 Å². The minimum Gasteiger partial charge on any atom is -0.311 e.